The second-order valence-corrected chi connectivity index (χ2v) is 3.49. The van der Waals surface area contributed by atoms with Crippen LogP contribution in [0.1, 0.15) is 18.1 Å². The molecule has 0 aliphatic rings. The molecular formula is C11H14F2O2. The summed E-state index contributed by atoms with van der Waals surface area (Å²) in [5, 5.41) is 9.21. The number of alkyl halides is 2. The zero-order chi connectivity index (χ0) is 11.4. The molecule has 0 aliphatic carbocycles. The summed E-state index contributed by atoms with van der Waals surface area (Å²) in [6.07, 6.45) is -0.268. The Balaban J connectivity index is 2.97. The average Bonchev–Trinajstić information content (AvgIpc) is 2.09. The molecule has 15 heavy (non-hydrogen) atoms. The Hall–Kier alpha value is -1.16. The van der Waals surface area contributed by atoms with E-state index < -0.39 is 12.7 Å². The molecule has 84 valence electrons. The van der Waals surface area contributed by atoms with Crippen LogP contribution in [0.15, 0.2) is 18.2 Å². The number of aryl methyl sites for hydroxylation is 1. The van der Waals surface area contributed by atoms with Gasteiger partial charge in [-0.2, -0.15) is 8.78 Å². The van der Waals surface area contributed by atoms with Gasteiger partial charge in [-0.15, -0.1) is 0 Å². The minimum Gasteiger partial charge on any atom is -0.434 e. The molecule has 1 atom stereocenters. The fraction of sp³-hybridized carbons (Fsp3) is 0.455. The maximum Gasteiger partial charge on any atom is 0.387 e. The SMILES string of the molecule is Cc1cccc(CC(C)O)c1OC(F)F. The Kier molecular flexibility index (Phi) is 4.03. The summed E-state index contributed by atoms with van der Waals surface area (Å²) in [5.74, 6) is 0.174. The zero-order valence-corrected chi connectivity index (χ0v) is 8.71. The number of halogens is 2. The van der Waals surface area contributed by atoms with Crippen molar-refractivity contribution in [3.05, 3.63) is 29.3 Å². The second-order valence-electron chi connectivity index (χ2n) is 3.49. The highest BCUT2D eigenvalue weighted by Crippen LogP contribution is 2.26. The number of benzene rings is 1. The molecule has 0 aliphatic heterocycles. The predicted octanol–water partition coefficient (Wildman–Crippen LogP) is 2.52. The summed E-state index contributed by atoms with van der Waals surface area (Å²) >= 11 is 0. The third-order valence-electron chi connectivity index (χ3n) is 2.02. The van der Waals surface area contributed by atoms with Crippen molar-refractivity contribution in [2.45, 2.75) is 33.0 Å². The van der Waals surface area contributed by atoms with Crippen LogP contribution in [-0.4, -0.2) is 17.8 Å². The molecular weight excluding hydrogens is 202 g/mol. The van der Waals surface area contributed by atoms with Crippen LogP contribution in [0.4, 0.5) is 8.78 Å². The standard InChI is InChI=1S/C11H14F2O2/c1-7-4-3-5-9(6-8(2)14)10(7)15-11(12)13/h3-5,8,11,14H,6H2,1-2H3. The average molecular weight is 216 g/mol. The predicted molar refractivity (Wildman–Crippen MR) is 53.2 cm³/mol. The molecule has 1 rings (SSSR count). The van der Waals surface area contributed by atoms with Gasteiger partial charge in [-0.3, -0.25) is 0 Å². The van der Waals surface area contributed by atoms with Crippen molar-refractivity contribution in [1.29, 1.82) is 0 Å². The van der Waals surface area contributed by atoms with Crippen LogP contribution >= 0.6 is 0 Å². The highest BCUT2D eigenvalue weighted by Gasteiger charge is 2.13. The van der Waals surface area contributed by atoms with E-state index in [1.165, 1.54) is 0 Å². The van der Waals surface area contributed by atoms with E-state index >= 15 is 0 Å². The van der Waals surface area contributed by atoms with E-state index in [1.54, 1.807) is 32.0 Å². The van der Waals surface area contributed by atoms with Crippen LogP contribution in [0, 0.1) is 6.92 Å². The monoisotopic (exact) mass is 216 g/mol. The van der Waals surface area contributed by atoms with Gasteiger partial charge in [0.25, 0.3) is 0 Å². The normalized spacial score (nSPS) is 12.9. The van der Waals surface area contributed by atoms with Gasteiger partial charge in [0, 0.05) is 6.42 Å². The summed E-state index contributed by atoms with van der Waals surface area (Å²) < 4.78 is 28.7. The Morgan fingerprint density at radius 1 is 1.40 bits per heavy atom. The molecule has 0 aromatic heterocycles. The first-order chi connectivity index (χ1) is 7.00. The highest BCUT2D eigenvalue weighted by atomic mass is 19.3. The lowest BCUT2D eigenvalue weighted by Gasteiger charge is -2.14. The Morgan fingerprint density at radius 2 is 2.07 bits per heavy atom. The number of para-hydroxylation sites is 1. The van der Waals surface area contributed by atoms with Crippen LogP contribution in [0.3, 0.4) is 0 Å². The lowest BCUT2D eigenvalue weighted by Crippen LogP contribution is -2.10. The number of ether oxygens (including phenoxy) is 1. The van der Waals surface area contributed by atoms with Crippen molar-refractivity contribution in [3.63, 3.8) is 0 Å². The van der Waals surface area contributed by atoms with E-state index in [1.807, 2.05) is 0 Å². The summed E-state index contributed by atoms with van der Waals surface area (Å²) in [5.41, 5.74) is 1.25. The first-order valence-electron chi connectivity index (χ1n) is 4.72. The maximum atomic E-state index is 12.1. The molecule has 1 aromatic carbocycles. The first-order valence-corrected chi connectivity index (χ1v) is 4.72. The molecule has 1 aromatic rings. The number of aliphatic hydroxyl groups excluding tert-OH is 1. The Labute approximate surface area is 87.5 Å². The van der Waals surface area contributed by atoms with Gasteiger partial charge in [-0.05, 0) is 25.0 Å². The molecule has 0 fully saturated rings. The lowest BCUT2D eigenvalue weighted by atomic mass is 10.0. The largest absolute Gasteiger partial charge is 0.434 e. The van der Waals surface area contributed by atoms with Crippen molar-refractivity contribution in [1.82, 2.24) is 0 Å². The quantitative estimate of drug-likeness (QED) is 0.838. The number of aliphatic hydroxyl groups is 1. The molecule has 0 bridgehead atoms. The van der Waals surface area contributed by atoms with Gasteiger partial charge >= 0.3 is 6.61 Å². The molecule has 1 unspecified atom stereocenters. The van der Waals surface area contributed by atoms with Gasteiger partial charge in [-0.25, -0.2) is 0 Å². The van der Waals surface area contributed by atoms with E-state index in [0.29, 0.717) is 17.5 Å². The minimum atomic E-state index is -2.83. The molecule has 1 N–H and O–H groups in total. The molecule has 0 saturated carbocycles. The van der Waals surface area contributed by atoms with Crippen LogP contribution in [0.5, 0.6) is 5.75 Å². The van der Waals surface area contributed by atoms with Crippen molar-refractivity contribution in [2.75, 3.05) is 0 Å². The van der Waals surface area contributed by atoms with Gasteiger partial charge in [0.1, 0.15) is 5.75 Å². The van der Waals surface area contributed by atoms with Gasteiger partial charge in [0.05, 0.1) is 6.10 Å². The summed E-state index contributed by atoms with van der Waals surface area (Å²) in [7, 11) is 0. The Morgan fingerprint density at radius 3 is 2.60 bits per heavy atom. The van der Waals surface area contributed by atoms with Crippen molar-refractivity contribution in [3.8, 4) is 5.75 Å². The number of hydrogen-bond acceptors (Lipinski definition) is 2. The van der Waals surface area contributed by atoms with Gasteiger partial charge in [-0.1, -0.05) is 18.2 Å². The Bertz CT molecular complexity index is 324. The maximum absolute atomic E-state index is 12.1. The first kappa shape index (κ1) is 11.9. The summed E-state index contributed by atoms with van der Waals surface area (Å²) in [6.45, 7) is 0.469. The van der Waals surface area contributed by atoms with E-state index in [0.717, 1.165) is 0 Å². The fourth-order valence-electron chi connectivity index (χ4n) is 1.45. The van der Waals surface area contributed by atoms with Crippen molar-refractivity contribution < 1.29 is 18.6 Å². The van der Waals surface area contributed by atoms with Gasteiger partial charge < -0.3 is 9.84 Å². The lowest BCUT2D eigenvalue weighted by molar-refractivity contribution is -0.0511. The fourth-order valence-corrected chi connectivity index (χ4v) is 1.45. The number of rotatable bonds is 4. The highest BCUT2D eigenvalue weighted by molar-refractivity contribution is 5.41. The van der Waals surface area contributed by atoms with E-state index in [-0.39, 0.29) is 5.75 Å². The molecule has 4 heteroatoms. The van der Waals surface area contributed by atoms with Crippen LogP contribution in [0.25, 0.3) is 0 Å². The third kappa shape index (κ3) is 3.47. The van der Waals surface area contributed by atoms with Gasteiger partial charge in [0.15, 0.2) is 0 Å². The molecule has 0 radical (unpaired) electrons. The van der Waals surface area contributed by atoms with Crippen molar-refractivity contribution in [2.24, 2.45) is 0 Å². The van der Waals surface area contributed by atoms with Crippen LogP contribution < -0.4 is 4.74 Å². The molecule has 0 amide bonds. The van der Waals surface area contributed by atoms with Gasteiger partial charge in [0.2, 0.25) is 0 Å². The van der Waals surface area contributed by atoms with Crippen molar-refractivity contribution >= 4 is 0 Å². The van der Waals surface area contributed by atoms with Crippen LogP contribution in [0.2, 0.25) is 0 Å². The van der Waals surface area contributed by atoms with Crippen LogP contribution in [-0.2, 0) is 6.42 Å². The minimum absolute atomic E-state index is 0.174. The second kappa shape index (κ2) is 5.07. The summed E-state index contributed by atoms with van der Waals surface area (Å²) in [6, 6.07) is 5.13. The number of hydrogen-bond donors (Lipinski definition) is 1. The smallest absolute Gasteiger partial charge is 0.387 e. The molecule has 0 spiro atoms. The topological polar surface area (TPSA) is 29.5 Å². The van der Waals surface area contributed by atoms with E-state index in [2.05, 4.69) is 4.74 Å². The summed E-state index contributed by atoms with van der Waals surface area (Å²) in [4.78, 5) is 0. The molecule has 2 nitrogen and oxygen atoms in total. The van der Waals surface area contributed by atoms with E-state index in [4.69, 9.17) is 0 Å². The van der Waals surface area contributed by atoms with E-state index in [9.17, 15) is 13.9 Å². The zero-order valence-electron chi connectivity index (χ0n) is 8.71. The molecule has 0 saturated heterocycles. The molecule has 0 heterocycles. The third-order valence-corrected chi connectivity index (χ3v) is 2.02.